The van der Waals surface area contributed by atoms with Crippen molar-refractivity contribution in [3.8, 4) is 0 Å². The number of rotatable bonds is 5. The standard InChI is InChI=1S/C12H23NO3/c1-10-6-4-5-8-13(10)12(2,11(14)15)7-9-16-3/h10H,4-9H2,1-3H3,(H,14,15). The van der Waals surface area contributed by atoms with E-state index in [1.54, 1.807) is 7.11 Å². The molecule has 0 aromatic heterocycles. The molecule has 1 N–H and O–H groups in total. The normalized spacial score (nSPS) is 26.3. The van der Waals surface area contributed by atoms with Gasteiger partial charge in [-0.05, 0) is 39.7 Å². The summed E-state index contributed by atoms with van der Waals surface area (Å²) >= 11 is 0. The van der Waals surface area contributed by atoms with E-state index in [9.17, 15) is 9.90 Å². The van der Waals surface area contributed by atoms with Gasteiger partial charge >= 0.3 is 5.97 Å². The predicted molar refractivity (Wildman–Crippen MR) is 62.6 cm³/mol. The number of hydrogen-bond acceptors (Lipinski definition) is 3. The first kappa shape index (κ1) is 13.5. The summed E-state index contributed by atoms with van der Waals surface area (Å²) in [5, 5.41) is 9.43. The maximum Gasteiger partial charge on any atom is 0.323 e. The van der Waals surface area contributed by atoms with E-state index >= 15 is 0 Å². The maximum absolute atomic E-state index is 11.5. The molecule has 1 aliphatic rings. The number of likely N-dealkylation sites (tertiary alicyclic amines) is 1. The molecule has 1 aliphatic heterocycles. The Bertz CT molecular complexity index is 244. The van der Waals surface area contributed by atoms with Crippen LogP contribution in [0, 0.1) is 0 Å². The summed E-state index contributed by atoms with van der Waals surface area (Å²) in [5.41, 5.74) is -0.782. The highest BCUT2D eigenvalue weighted by molar-refractivity contribution is 5.78. The first-order chi connectivity index (χ1) is 7.52. The second-order valence-electron chi connectivity index (χ2n) is 4.86. The molecule has 0 spiro atoms. The molecule has 1 rings (SSSR count). The van der Waals surface area contributed by atoms with Crippen LogP contribution in [0.1, 0.15) is 39.5 Å². The van der Waals surface area contributed by atoms with Gasteiger partial charge in [0, 0.05) is 19.8 Å². The maximum atomic E-state index is 11.5. The van der Waals surface area contributed by atoms with E-state index in [-0.39, 0.29) is 0 Å². The first-order valence-corrected chi connectivity index (χ1v) is 6.01. The van der Waals surface area contributed by atoms with Gasteiger partial charge in [-0.3, -0.25) is 9.69 Å². The van der Waals surface area contributed by atoms with E-state index < -0.39 is 11.5 Å². The summed E-state index contributed by atoms with van der Waals surface area (Å²) in [6, 6.07) is 0.353. The highest BCUT2D eigenvalue weighted by Gasteiger charge is 2.42. The molecular weight excluding hydrogens is 206 g/mol. The number of methoxy groups -OCH3 is 1. The second kappa shape index (κ2) is 5.64. The first-order valence-electron chi connectivity index (χ1n) is 6.01. The number of ether oxygens (including phenoxy) is 1. The molecule has 0 saturated carbocycles. The van der Waals surface area contributed by atoms with Crippen molar-refractivity contribution in [1.82, 2.24) is 4.90 Å². The molecule has 16 heavy (non-hydrogen) atoms. The summed E-state index contributed by atoms with van der Waals surface area (Å²) in [6.45, 7) is 5.31. The predicted octanol–water partition coefficient (Wildman–Crippen LogP) is 1.74. The molecule has 2 unspecified atom stereocenters. The Labute approximate surface area is 97.6 Å². The van der Waals surface area contributed by atoms with Crippen molar-refractivity contribution in [2.24, 2.45) is 0 Å². The van der Waals surface area contributed by atoms with Crippen LogP contribution in [0.25, 0.3) is 0 Å². The summed E-state index contributed by atoms with van der Waals surface area (Å²) in [7, 11) is 1.61. The molecular formula is C12H23NO3. The fourth-order valence-corrected chi connectivity index (χ4v) is 2.51. The van der Waals surface area contributed by atoms with E-state index in [1.165, 1.54) is 6.42 Å². The molecule has 0 bridgehead atoms. The van der Waals surface area contributed by atoms with Crippen LogP contribution in [-0.2, 0) is 9.53 Å². The lowest BCUT2D eigenvalue weighted by atomic mass is 9.90. The van der Waals surface area contributed by atoms with E-state index in [4.69, 9.17) is 4.74 Å². The fraction of sp³-hybridized carbons (Fsp3) is 0.917. The zero-order chi connectivity index (χ0) is 12.2. The number of carboxylic acids is 1. The molecule has 0 aromatic carbocycles. The van der Waals surface area contributed by atoms with Gasteiger partial charge in [-0.25, -0.2) is 0 Å². The van der Waals surface area contributed by atoms with Gasteiger partial charge in [-0.2, -0.15) is 0 Å². The van der Waals surface area contributed by atoms with Crippen molar-refractivity contribution in [2.75, 3.05) is 20.3 Å². The number of carboxylic acid groups (broad SMARTS) is 1. The lowest BCUT2D eigenvalue weighted by Crippen LogP contribution is -2.58. The van der Waals surface area contributed by atoms with Crippen molar-refractivity contribution < 1.29 is 14.6 Å². The summed E-state index contributed by atoms with van der Waals surface area (Å²) in [5.74, 6) is -0.738. The smallest absolute Gasteiger partial charge is 0.323 e. The average molecular weight is 229 g/mol. The molecule has 1 saturated heterocycles. The van der Waals surface area contributed by atoms with Crippen LogP contribution in [0.4, 0.5) is 0 Å². The van der Waals surface area contributed by atoms with E-state index in [1.807, 2.05) is 6.92 Å². The second-order valence-corrected chi connectivity index (χ2v) is 4.86. The van der Waals surface area contributed by atoms with Gasteiger partial charge in [0.1, 0.15) is 5.54 Å². The molecule has 1 heterocycles. The third kappa shape index (κ3) is 2.74. The minimum absolute atomic E-state index is 0.353. The number of piperidine rings is 1. The Hall–Kier alpha value is -0.610. The zero-order valence-electron chi connectivity index (χ0n) is 10.5. The Morgan fingerprint density at radius 2 is 2.25 bits per heavy atom. The third-order valence-corrected chi connectivity index (χ3v) is 3.69. The van der Waals surface area contributed by atoms with E-state index in [2.05, 4.69) is 11.8 Å². The Morgan fingerprint density at radius 1 is 1.56 bits per heavy atom. The molecule has 4 heteroatoms. The van der Waals surface area contributed by atoms with Gasteiger partial charge in [0.05, 0.1) is 0 Å². The Morgan fingerprint density at radius 3 is 2.75 bits per heavy atom. The minimum Gasteiger partial charge on any atom is -0.480 e. The minimum atomic E-state index is -0.782. The van der Waals surface area contributed by atoms with Gasteiger partial charge < -0.3 is 9.84 Å². The Kier molecular flexibility index (Phi) is 4.74. The Balaban J connectivity index is 2.77. The van der Waals surface area contributed by atoms with E-state index in [0.29, 0.717) is 19.1 Å². The summed E-state index contributed by atoms with van der Waals surface area (Å²) in [6.07, 6.45) is 3.94. The highest BCUT2D eigenvalue weighted by Crippen LogP contribution is 2.28. The molecule has 0 aromatic rings. The molecule has 2 atom stereocenters. The quantitative estimate of drug-likeness (QED) is 0.780. The molecule has 0 radical (unpaired) electrons. The van der Waals surface area contributed by atoms with Crippen LogP contribution in [-0.4, -0.2) is 47.8 Å². The van der Waals surface area contributed by atoms with Crippen molar-refractivity contribution in [3.63, 3.8) is 0 Å². The number of hydrogen-bond donors (Lipinski definition) is 1. The van der Waals surface area contributed by atoms with Crippen LogP contribution in [0.5, 0.6) is 0 Å². The zero-order valence-corrected chi connectivity index (χ0v) is 10.5. The summed E-state index contributed by atoms with van der Waals surface area (Å²) in [4.78, 5) is 13.6. The van der Waals surface area contributed by atoms with Crippen LogP contribution in [0.2, 0.25) is 0 Å². The van der Waals surface area contributed by atoms with Crippen molar-refractivity contribution >= 4 is 5.97 Å². The fourth-order valence-electron chi connectivity index (χ4n) is 2.51. The van der Waals surface area contributed by atoms with Crippen molar-refractivity contribution in [3.05, 3.63) is 0 Å². The number of nitrogens with zero attached hydrogens (tertiary/aromatic N) is 1. The van der Waals surface area contributed by atoms with Crippen LogP contribution in [0.15, 0.2) is 0 Å². The van der Waals surface area contributed by atoms with Crippen LogP contribution in [0.3, 0.4) is 0 Å². The van der Waals surface area contributed by atoms with Gasteiger partial charge in [-0.1, -0.05) is 6.42 Å². The molecule has 4 nitrogen and oxygen atoms in total. The van der Waals surface area contributed by atoms with Crippen molar-refractivity contribution in [2.45, 2.75) is 51.1 Å². The van der Waals surface area contributed by atoms with Gasteiger partial charge in [-0.15, -0.1) is 0 Å². The summed E-state index contributed by atoms with van der Waals surface area (Å²) < 4.78 is 5.02. The van der Waals surface area contributed by atoms with Crippen molar-refractivity contribution in [1.29, 1.82) is 0 Å². The average Bonchev–Trinajstić information content (AvgIpc) is 2.26. The van der Waals surface area contributed by atoms with Crippen LogP contribution >= 0.6 is 0 Å². The topological polar surface area (TPSA) is 49.8 Å². The highest BCUT2D eigenvalue weighted by atomic mass is 16.5. The largest absolute Gasteiger partial charge is 0.480 e. The monoisotopic (exact) mass is 229 g/mol. The molecule has 94 valence electrons. The molecule has 1 fully saturated rings. The van der Waals surface area contributed by atoms with Gasteiger partial charge in [0.25, 0.3) is 0 Å². The third-order valence-electron chi connectivity index (χ3n) is 3.69. The molecule has 0 amide bonds. The van der Waals surface area contributed by atoms with Gasteiger partial charge in [0.2, 0.25) is 0 Å². The van der Waals surface area contributed by atoms with Gasteiger partial charge in [0.15, 0.2) is 0 Å². The lowest BCUT2D eigenvalue weighted by molar-refractivity contribution is -0.154. The number of aliphatic carboxylic acids is 1. The number of carbonyl (C=O) groups is 1. The lowest BCUT2D eigenvalue weighted by Gasteiger charge is -2.44. The molecule has 0 aliphatic carbocycles. The van der Waals surface area contributed by atoms with Crippen LogP contribution < -0.4 is 0 Å². The van der Waals surface area contributed by atoms with E-state index in [0.717, 1.165) is 19.4 Å². The SMILES string of the molecule is COCCC(C)(C(=O)O)N1CCCCC1C.